The van der Waals surface area contributed by atoms with Crippen LogP contribution in [0.15, 0.2) is 0 Å². The van der Waals surface area contributed by atoms with Crippen molar-refractivity contribution in [3.8, 4) is 0 Å². The minimum atomic E-state index is 0.0410. The molecule has 5 heteroatoms. The molecule has 18 heavy (non-hydrogen) atoms. The van der Waals surface area contributed by atoms with E-state index < -0.39 is 0 Å². The molecule has 2 amide bonds. The molecule has 3 fully saturated rings. The van der Waals surface area contributed by atoms with Crippen LogP contribution in [0.2, 0.25) is 0 Å². The smallest absolute Gasteiger partial charge is 0.227 e. The Labute approximate surface area is 107 Å². The number of rotatable bonds is 1. The molecular weight excluding hydrogens is 230 g/mol. The van der Waals surface area contributed by atoms with Gasteiger partial charge in [-0.15, -0.1) is 0 Å². The quantitative estimate of drug-likeness (QED) is 0.674. The Bertz CT molecular complexity index is 352. The molecule has 3 aliphatic heterocycles. The molecule has 0 saturated carbocycles. The predicted octanol–water partition coefficient (Wildman–Crippen LogP) is -0.277. The average molecular weight is 251 g/mol. The van der Waals surface area contributed by atoms with Crippen molar-refractivity contribution in [1.82, 2.24) is 15.5 Å². The third-order valence-corrected chi connectivity index (χ3v) is 4.53. The summed E-state index contributed by atoms with van der Waals surface area (Å²) in [6.45, 7) is 3.30. The van der Waals surface area contributed by atoms with Crippen molar-refractivity contribution in [2.45, 2.75) is 31.7 Å². The van der Waals surface area contributed by atoms with Crippen LogP contribution < -0.4 is 10.6 Å². The van der Waals surface area contributed by atoms with Crippen LogP contribution in [0.25, 0.3) is 0 Å². The van der Waals surface area contributed by atoms with Gasteiger partial charge in [0.2, 0.25) is 11.8 Å². The SMILES string of the molecule is O=C1NCC2C1CCCN2C(=O)C1CCCNC1. The molecule has 100 valence electrons. The molecule has 5 nitrogen and oxygen atoms in total. The van der Waals surface area contributed by atoms with Crippen molar-refractivity contribution in [3.63, 3.8) is 0 Å². The number of carbonyl (C=O) groups is 2. The maximum absolute atomic E-state index is 12.5. The Morgan fingerprint density at radius 3 is 2.89 bits per heavy atom. The molecule has 0 spiro atoms. The zero-order chi connectivity index (χ0) is 12.5. The van der Waals surface area contributed by atoms with Crippen molar-refractivity contribution < 1.29 is 9.59 Å². The Hall–Kier alpha value is -1.10. The van der Waals surface area contributed by atoms with Crippen LogP contribution in [0.3, 0.4) is 0 Å². The molecule has 3 heterocycles. The molecule has 2 N–H and O–H groups in total. The fourth-order valence-corrected chi connectivity index (χ4v) is 3.52. The first kappa shape index (κ1) is 12.0. The fraction of sp³-hybridized carbons (Fsp3) is 0.846. The van der Waals surface area contributed by atoms with Crippen molar-refractivity contribution in [2.24, 2.45) is 11.8 Å². The number of fused-ring (bicyclic) bond motifs is 1. The van der Waals surface area contributed by atoms with Crippen molar-refractivity contribution in [1.29, 1.82) is 0 Å². The van der Waals surface area contributed by atoms with E-state index in [4.69, 9.17) is 0 Å². The molecule has 3 rings (SSSR count). The summed E-state index contributed by atoms with van der Waals surface area (Å²) >= 11 is 0. The van der Waals surface area contributed by atoms with Gasteiger partial charge in [0, 0.05) is 19.6 Å². The molecule has 0 aromatic carbocycles. The monoisotopic (exact) mass is 251 g/mol. The predicted molar refractivity (Wildman–Crippen MR) is 66.8 cm³/mol. The highest BCUT2D eigenvalue weighted by molar-refractivity contribution is 5.85. The number of carbonyl (C=O) groups excluding carboxylic acids is 2. The van der Waals surface area contributed by atoms with Crippen LogP contribution in [0, 0.1) is 11.8 Å². The number of piperidine rings is 2. The summed E-state index contributed by atoms with van der Waals surface area (Å²) in [6.07, 6.45) is 3.96. The Balaban J connectivity index is 1.70. The molecular formula is C13H21N3O2. The van der Waals surface area contributed by atoms with E-state index in [0.29, 0.717) is 6.54 Å². The van der Waals surface area contributed by atoms with Gasteiger partial charge in [-0.1, -0.05) is 0 Å². The summed E-state index contributed by atoms with van der Waals surface area (Å²) in [5.74, 6) is 0.556. The van der Waals surface area contributed by atoms with Gasteiger partial charge in [-0.05, 0) is 32.2 Å². The van der Waals surface area contributed by atoms with Crippen molar-refractivity contribution in [3.05, 3.63) is 0 Å². The maximum atomic E-state index is 12.5. The van der Waals surface area contributed by atoms with Crippen LogP contribution in [0.4, 0.5) is 0 Å². The highest BCUT2D eigenvalue weighted by atomic mass is 16.2. The first-order valence-corrected chi connectivity index (χ1v) is 7.06. The second-order valence-corrected chi connectivity index (χ2v) is 5.64. The van der Waals surface area contributed by atoms with Gasteiger partial charge in [-0.3, -0.25) is 9.59 Å². The van der Waals surface area contributed by atoms with Gasteiger partial charge in [0.05, 0.1) is 17.9 Å². The molecule has 0 radical (unpaired) electrons. The molecule has 0 aromatic heterocycles. The molecule has 0 aromatic rings. The first-order valence-electron chi connectivity index (χ1n) is 7.06. The summed E-state index contributed by atoms with van der Waals surface area (Å²) in [7, 11) is 0. The van der Waals surface area contributed by atoms with Gasteiger partial charge < -0.3 is 15.5 Å². The van der Waals surface area contributed by atoms with Crippen molar-refractivity contribution >= 4 is 11.8 Å². The minimum Gasteiger partial charge on any atom is -0.354 e. The van der Waals surface area contributed by atoms with Crippen LogP contribution >= 0.6 is 0 Å². The Morgan fingerprint density at radius 1 is 1.22 bits per heavy atom. The number of nitrogens with zero attached hydrogens (tertiary/aromatic N) is 1. The van der Waals surface area contributed by atoms with Crippen LogP contribution in [-0.4, -0.2) is 48.9 Å². The third-order valence-electron chi connectivity index (χ3n) is 4.53. The van der Waals surface area contributed by atoms with E-state index in [2.05, 4.69) is 10.6 Å². The zero-order valence-electron chi connectivity index (χ0n) is 10.7. The normalized spacial score (nSPS) is 36.1. The van der Waals surface area contributed by atoms with Gasteiger partial charge in [0.1, 0.15) is 0 Å². The molecule has 3 unspecified atom stereocenters. The van der Waals surface area contributed by atoms with E-state index in [-0.39, 0.29) is 29.7 Å². The van der Waals surface area contributed by atoms with Gasteiger partial charge in [-0.25, -0.2) is 0 Å². The summed E-state index contributed by atoms with van der Waals surface area (Å²) in [4.78, 5) is 26.2. The van der Waals surface area contributed by atoms with Gasteiger partial charge in [-0.2, -0.15) is 0 Å². The standard InChI is InChI=1S/C13H21N3O2/c17-12-10-4-2-6-16(11(10)8-15-12)13(18)9-3-1-5-14-7-9/h9-11,14H,1-8H2,(H,15,17). The topological polar surface area (TPSA) is 61.4 Å². The number of nitrogens with one attached hydrogen (secondary N) is 2. The zero-order valence-corrected chi connectivity index (χ0v) is 10.7. The second-order valence-electron chi connectivity index (χ2n) is 5.64. The summed E-state index contributed by atoms with van der Waals surface area (Å²) < 4.78 is 0. The van der Waals surface area contributed by atoms with Gasteiger partial charge in [0.25, 0.3) is 0 Å². The lowest BCUT2D eigenvalue weighted by Crippen LogP contribution is -2.52. The van der Waals surface area contributed by atoms with Crippen molar-refractivity contribution in [2.75, 3.05) is 26.2 Å². The third kappa shape index (κ3) is 2.00. The van der Waals surface area contributed by atoms with Gasteiger partial charge in [0.15, 0.2) is 0 Å². The summed E-state index contributed by atoms with van der Waals surface area (Å²) in [5.41, 5.74) is 0. The van der Waals surface area contributed by atoms with E-state index in [0.717, 1.165) is 45.3 Å². The van der Waals surface area contributed by atoms with E-state index in [1.807, 2.05) is 4.90 Å². The average Bonchev–Trinajstić information content (AvgIpc) is 2.81. The largest absolute Gasteiger partial charge is 0.354 e. The minimum absolute atomic E-state index is 0.0410. The molecule has 3 atom stereocenters. The summed E-state index contributed by atoms with van der Waals surface area (Å²) in [5, 5.41) is 6.19. The molecule has 0 aliphatic carbocycles. The van der Waals surface area contributed by atoms with E-state index in [1.165, 1.54) is 0 Å². The van der Waals surface area contributed by atoms with Crippen LogP contribution in [-0.2, 0) is 9.59 Å². The van der Waals surface area contributed by atoms with E-state index in [9.17, 15) is 9.59 Å². The number of hydrogen-bond acceptors (Lipinski definition) is 3. The van der Waals surface area contributed by atoms with E-state index >= 15 is 0 Å². The number of amides is 2. The lowest BCUT2D eigenvalue weighted by Gasteiger charge is -2.38. The summed E-state index contributed by atoms with van der Waals surface area (Å²) in [6, 6.07) is 0.112. The van der Waals surface area contributed by atoms with E-state index in [1.54, 1.807) is 0 Å². The number of likely N-dealkylation sites (tertiary alicyclic amines) is 1. The van der Waals surface area contributed by atoms with Crippen LogP contribution in [0.5, 0.6) is 0 Å². The molecule has 0 bridgehead atoms. The fourth-order valence-electron chi connectivity index (χ4n) is 3.52. The van der Waals surface area contributed by atoms with Gasteiger partial charge >= 0.3 is 0 Å². The maximum Gasteiger partial charge on any atom is 0.227 e. The second kappa shape index (κ2) is 4.88. The Kier molecular flexibility index (Phi) is 3.24. The Morgan fingerprint density at radius 2 is 2.11 bits per heavy atom. The lowest BCUT2D eigenvalue weighted by molar-refractivity contribution is -0.141. The highest BCUT2D eigenvalue weighted by Crippen LogP contribution is 2.29. The first-order chi connectivity index (χ1) is 8.77. The highest BCUT2D eigenvalue weighted by Gasteiger charge is 2.43. The van der Waals surface area contributed by atoms with Crippen LogP contribution in [0.1, 0.15) is 25.7 Å². The lowest BCUT2D eigenvalue weighted by atomic mass is 9.89. The molecule has 3 aliphatic rings. The molecule has 3 saturated heterocycles. The number of hydrogen-bond donors (Lipinski definition) is 2.